The number of para-hydroxylation sites is 1. The Labute approximate surface area is 198 Å². The molecule has 2 heterocycles. The van der Waals surface area contributed by atoms with Crippen molar-refractivity contribution < 1.29 is 14.3 Å². The monoisotopic (exact) mass is 447 g/mol. The summed E-state index contributed by atoms with van der Waals surface area (Å²) in [6.45, 7) is 6.11. The zero-order valence-corrected chi connectivity index (χ0v) is 19.5. The molecule has 0 bridgehead atoms. The number of esters is 1. The van der Waals surface area contributed by atoms with Crippen molar-refractivity contribution in [1.29, 1.82) is 0 Å². The summed E-state index contributed by atoms with van der Waals surface area (Å²) in [5.41, 5.74) is 7.44. The Morgan fingerprint density at radius 1 is 1.00 bits per heavy atom. The van der Waals surface area contributed by atoms with Crippen molar-refractivity contribution >= 4 is 28.4 Å². The average molecular weight is 448 g/mol. The fourth-order valence-corrected chi connectivity index (χ4v) is 5.70. The van der Waals surface area contributed by atoms with Crippen molar-refractivity contribution in [3.05, 3.63) is 101 Å². The zero-order chi connectivity index (χ0) is 23.6. The summed E-state index contributed by atoms with van der Waals surface area (Å²) in [6.07, 6.45) is 0.295. The minimum Gasteiger partial charge on any atom is -0.463 e. The van der Waals surface area contributed by atoms with Crippen LogP contribution in [0.5, 0.6) is 0 Å². The second-order valence-electron chi connectivity index (χ2n) is 9.41. The number of nitrogens with zero attached hydrogens (tertiary/aromatic N) is 1. The highest BCUT2D eigenvalue weighted by Crippen LogP contribution is 2.53. The molecular formula is C30H25NO3. The highest BCUT2D eigenvalue weighted by Gasteiger charge is 2.49. The highest BCUT2D eigenvalue weighted by molar-refractivity contribution is 6.12. The Morgan fingerprint density at radius 2 is 1.74 bits per heavy atom. The van der Waals surface area contributed by atoms with Gasteiger partial charge in [0.05, 0.1) is 23.2 Å². The van der Waals surface area contributed by atoms with Crippen LogP contribution >= 0.6 is 0 Å². The van der Waals surface area contributed by atoms with Gasteiger partial charge >= 0.3 is 5.97 Å². The molecule has 4 nitrogen and oxygen atoms in total. The van der Waals surface area contributed by atoms with Gasteiger partial charge in [0, 0.05) is 16.5 Å². The maximum Gasteiger partial charge on any atom is 0.334 e. The van der Waals surface area contributed by atoms with Crippen molar-refractivity contribution in [1.82, 2.24) is 4.57 Å². The third-order valence-electron chi connectivity index (χ3n) is 7.24. The van der Waals surface area contributed by atoms with Gasteiger partial charge in [-0.2, -0.15) is 0 Å². The second kappa shape index (κ2) is 7.29. The molecule has 1 aromatic heterocycles. The molecule has 0 saturated heterocycles. The normalized spacial score (nSPS) is 18.6. The van der Waals surface area contributed by atoms with E-state index in [0.29, 0.717) is 12.0 Å². The maximum absolute atomic E-state index is 14.2. The van der Waals surface area contributed by atoms with E-state index in [1.807, 2.05) is 73.9 Å². The Hall–Kier alpha value is -3.92. The van der Waals surface area contributed by atoms with E-state index in [4.69, 9.17) is 4.74 Å². The number of aromatic nitrogens is 1. The lowest BCUT2D eigenvalue weighted by Crippen LogP contribution is -2.44. The van der Waals surface area contributed by atoms with Gasteiger partial charge in [-0.15, -0.1) is 0 Å². The van der Waals surface area contributed by atoms with Gasteiger partial charge in [0.1, 0.15) is 0 Å². The third-order valence-corrected chi connectivity index (χ3v) is 7.24. The Balaban J connectivity index is 1.70. The molecule has 1 atom stereocenters. The van der Waals surface area contributed by atoms with Crippen LogP contribution in [0, 0.1) is 6.92 Å². The molecule has 2 aliphatic rings. The zero-order valence-electron chi connectivity index (χ0n) is 19.5. The third kappa shape index (κ3) is 2.72. The molecule has 0 radical (unpaired) electrons. The molecule has 4 heteroatoms. The fraction of sp³-hybridized carbons (Fsp3) is 0.200. The summed E-state index contributed by atoms with van der Waals surface area (Å²) >= 11 is 0. The Morgan fingerprint density at radius 3 is 2.50 bits per heavy atom. The average Bonchev–Trinajstić information content (AvgIpc) is 3.23. The molecule has 34 heavy (non-hydrogen) atoms. The summed E-state index contributed by atoms with van der Waals surface area (Å²) < 4.78 is 7.34. The quantitative estimate of drug-likeness (QED) is 0.347. The molecule has 168 valence electrons. The second-order valence-corrected chi connectivity index (χ2v) is 9.41. The van der Waals surface area contributed by atoms with Gasteiger partial charge in [-0.05, 0) is 61.6 Å². The van der Waals surface area contributed by atoms with E-state index in [9.17, 15) is 9.59 Å². The number of hydrogen-bond acceptors (Lipinski definition) is 3. The molecule has 6 rings (SSSR count). The predicted octanol–water partition coefficient (Wildman–Crippen LogP) is 6.30. The first kappa shape index (κ1) is 20.7. The van der Waals surface area contributed by atoms with Crippen LogP contribution in [-0.4, -0.2) is 23.1 Å². The van der Waals surface area contributed by atoms with E-state index < -0.39 is 5.41 Å². The molecule has 0 saturated carbocycles. The molecule has 1 aliphatic heterocycles. The summed E-state index contributed by atoms with van der Waals surface area (Å²) in [6, 6.07) is 24.4. The number of benzene rings is 3. The van der Waals surface area contributed by atoms with Crippen molar-refractivity contribution in [3.63, 3.8) is 0 Å². The highest BCUT2D eigenvalue weighted by atomic mass is 16.5. The van der Waals surface area contributed by atoms with Crippen molar-refractivity contribution in [2.24, 2.45) is 0 Å². The van der Waals surface area contributed by atoms with E-state index in [1.165, 1.54) is 0 Å². The van der Waals surface area contributed by atoms with Crippen LogP contribution < -0.4 is 0 Å². The van der Waals surface area contributed by atoms with Gasteiger partial charge in [-0.25, -0.2) is 4.79 Å². The predicted molar refractivity (Wildman–Crippen MR) is 134 cm³/mol. The van der Waals surface area contributed by atoms with E-state index in [1.54, 1.807) is 0 Å². The Kier molecular flexibility index (Phi) is 4.43. The van der Waals surface area contributed by atoms with Gasteiger partial charge in [-0.1, -0.05) is 66.2 Å². The van der Waals surface area contributed by atoms with Gasteiger partial charge < -0.3 is 4.74 Å². The van der Waals surface area contributed by atoms with Crippen molar-refractivity contribution in [3.8, 4) is 11.3 Å². The molecule has 0 fully saturated rings. The van der Waals surface area contributed by atoms with Gasteiger partial charge in [0.2, 0.25) is 5.91 Å². The number of carbonyl (C=O) groups excluding carboxylic acids is 2. The van der Waals surface area contributed by atoms with Crippen LogP contribution in [0.2, 0.25) is 0 Å². The molecule has 0 spiro atoms. The number of hydrogen-bond donors (Lipinski definition) is 0. The minimum atomic E-state index is -0.878. The SMILES string of the molecule is CCOC(=O)C1=C(c2ccc(C)cc2)c2cccc3c2C(C)(C1)C(=O)n1c-3cc2ccccc21. The van der Waals surface area contributed by atoms with Gasteiger partial charge in [0.15, 0.2) is 0 Å². The number of rotatable bonds is 3. The van der Waals surface area contributed by atoms with Crippen molar-refractivity contribution in [2.45, 2.75) is 32.6 Å². The lowest BCUT2D eigenvalue weighted by molar-refractivity contribution is -0.138. The van der Waals surface area contributed by atoms with Gasteiger partial charge in [-0.3, -0.25) is 9.36 Å². The Bertz CT molecular complexity index is 1540. The molecule has 3 aromatic carbocycles. The van der Waals surface area contributed by atoms with Crippen LogP contribution in [0.3, 0.4) is 0 Å². The van der Waals surface area contributed by atoms with Crippen LogP contribution in [0.15, 0.2) is 78.4 Å². The van der Waals surface area contributed by atoms with E-state index in [0.717, 1.165) is 50.0 Å². The molecular weight excluding hydrogens is 422 g/mol. The standard InChI is InChI=1S/C30H25NO3/c1-4-34-28(32)23-17-30(3)27-21(25-16-20-8-5-6-11-24(20)31(25)29(30)33)9-7-10-22(27)26(23)19-14-12-18(2)13-15-19/h5-16H,4,17H2,1-3H3. The number of aryl methyl sites for hydroxylation is 1. The van der Waals surface area contributed by atoms with E-state index in [2.05, 4.69) is 24.3 Å². The van der Waals surface area contributed by atoms with E-state index in [-0.39, 0.29) is 18.5 Å². The largest absolute Gasteiger partial charge is 0.463 e. The van der Waals surface area contributed by atoms with Gasteiger partial charge in [0.25, 0.3) is 0 Å². The summed E-state index contributed by atoms with van der Waals surface area (Å²) in [5, 5.41) is 1.03. The van der Waals surface area contributed by atoms with Crippen LogP contribution in [0.1, 0.15) is 47.3 Å². The number of ether oxygens (including phenoxy) is 1. The van der Waals surface area contributed by atoms with Crippen LogP contribution in [0.4, 0.5) is 0 Å². The summed E-state index contributed by atoms with van der Waals surface area (Å²) in [4.78, 5) is 27.5. The first-order chi connectivity index (χ1) is 16.4. The molecule has 1 unspecified atom stereocenters. The number of fused-ring (bicyclic) bond motifs is 4. The summed E-state index contributed by atoms with van der Waals surface area (Å²) in [7, 11) is 0. The lowest BCUT2D eigenvalue weighted by Gasteiger charge is -2.41. The lowest BCUT2D eigenvalue weighted by atomic mass is 9.64. The molecule has 1 aliphatic carbocycles. The maximum atomic E-state index is 14.2. The first-order valence-electron chi connectivity index (χ1n) is 11.7. The molecule has 4 aromatic rings. The summed E-state index contributed by atoms with van der Waals surface area (Å²) in [5.74, 6) is -0.361. The molecule has 0 amide bonds. The van der Waals surface area contributed by atoms with Crippen molar-refractivity contribution in [2.75, 3.05) is 6.61 Å². The topological polar surface area (TPSA) is 48.3 Å². The fourth-order valence-electron chi connectivity index (χ4n) is 5.70. The molecule has 0 N–H and O–H groups in total. The number of carbonyl (C=O) groups is 2. The van der Waals surface area contributed by atoms with Crippen LogP contribution in [-0.2, 0) is 14.9 Å². The van der Waals surface area contributed by atoms with E-state index >= 15 is 0 Å². The minimum absolute atomic E-state index is 0.00611. The van der Waals surface area contributed by atoms with Crippen LogP contribution in [0.25, 0.3) is 27.7 Å². The first-order valence-corrected chi connectivity index (χ1v) is 11.7. The smallest absolute Gasteiger partial charge is 0.334 e.